The summed E-state index contributed by atoms with van der Waals surface area (Å²) in [5.41, 5.74) is 0. The number of rotatable bonds is 2. The average molecular weight is 149 g/mol. The summed E-state index contributed by atoms with van der Waals surface area (Å²) in [7, 11) is -5.71. The van der Waals surface area contributed by atoms with Crippen molar-refractivity contribution in [2.75, 3.05) is 0 Å². The van der Waals surface area contributed by atoms with Crippen LogP contribution in [0.2, 0.25) is 0 Å². The van der Waals surface area contributed by atoms with Crippen molar-refractivity contribution in [1.29, 1.82) is 0 Å². The highest BCUT2D eigenvalue weighted by Gasteiger charge is 2.23. The molecule has 9 heavy (non-hydrogen) atoms. The van der Waals surface area contributed by atoms with Crippen molar-refractivity contribution < 1.29 is 0 Å². The molecule has 0 rings (SSSR count). The molecule has 0 aliphatic heterocycles. The Labute approximate surface area is 61.0 Å². The molecule has 0 fully saturated rings. The minimum atomic E-state index is -2.86. The van der Waals surface area contributed by atoms with Gasteiger partial charge in [-0.3, -0.25) is 0 Å². The minimum absolute atomic E-state index is 2.40. The molecule has 0 aliphatic rings. The first kappa shape index (κ1) is 9.39. The summed E-state index contributed by atoms with van der Waals surface area (Å²) in [6.07, 6.45) is 0. The number of nitrogens with one attached hydrogen (secondary N) is 1. The molecule has 0 aromatic heterocycles. The van der Waals surface area contributed by atoms with E-state index in [0.717, 1.165) is 0 Å². The second-order valence-corrected chi connectivity index (χ2v) is 6.72. The molecule has 0 atom stereocenters. The van der Waals surface area contributed by atoms with Crippen LogP contribution in [-0.2, 0) is 0 Å². The summed E-state index contributed by atoms with van der Waals surface area (Å²) in [5.74, 6) is 0. The molecule has 0 saturated heterocycles. The van der Waals surface area contributed by atoms with Crippen molar-refractivity contribution in [3.63, 3.8) is 0 Å². The third-order valence-electron chi connectivity index (χ3n) is 0.433. The van der Waals surface area contributed by atoms with Crippen LogP contribution in [0.25, 0.3) is 0 Å². The van der Waals surface area contributed by atoms with Crippen molar-refractivity contribution in [3.8, 4) is 0 Å². The summed E-state index contributed by atoms with van der Waals surface area (Å²) in [6, 6.07) is 0. The van der Waals surface area contributed by atoms with Gasteiger partial charge in [0.1, 0.15) is 16.5 Å². The van der Waals surface area contributed by atoms with Gasteiger partial charge in [0, 0.05) is 0 Å². The van der Waals surface area contributed by atoms with E-state index in [-0.39, 0.29) is 0 Å². The van der Waals surface area contributed by atoms with E-state index < -0.39 is 16.5 Å². The van der Waals surface area contributed by atoms with Gasteiger partial charge in [0.25, 0.3) is 0 Å². The summed E-state index contributed by atoms with van der Waals surface area (Å²) in [4.78, 5) is 0. The normalized spacial score (nSPS) is 14.0. The lowest BCUT2D eigenvalue weighted by molar-refractivity contribution is 1.43. The van der Waals surface area contributed by atoms with Crippen LogP contribution in [-0.4, -0.2) is 16.5 Å². The Bertz CT molecular complexity index is 76.2. The quantitative estimate of drug-likeness (QED) is 0.544. The maximum atomic E-state index is 5.20. The molecule has 0 aromatic rings. The Kier molecular flexibility index (Phi) is 2.67. The van der Waals surface area contributed by atoms with Crippen LogP contribution in [0.3, 0.4) is 0 Å². The lowest BCUT2D eigenvalue weighted by atomic mass is 11.8. The first-order valence-corrected chi connectivity index (χ1v) is 6.70. The van der Waals surface area contributed by atoms with Crippen molar-refractivity contribution in [2.24, 2.45) is 0 Å². The van der Waals surface area contributed by atoms with E-state index in [4.69, 9.17) is 39.3 Å². The molecule has 1 N–H and O–H groups in total. The van der Waals surface area contributed by atoms with Gasteiger partial charge in [-0.15, -0.1) is 0 Å². The molecule has 0 aliphatic carbocycles. The van der Waals surface area contributed by atoms with Gasteiger partial charge in [0.2, 0.25) is 0 Å². The summed E-state index contributed by atoms with van der Waals surface area (Å²) >= 11 is 0. The average Bonchev–Trinajstić information content (AvgIpc) is 1.14. The van der Waals surface area contributed by atoms with Crippen LogP contribution >= 0.6 is 0 Å². The Morgan fingerprint density at radius 1 is 0.667 bits per heavy atom. The van der Waals surface area contributed by atoms with Gasteiger partial charge in [-0.05, 0) is 39.3 Å². The van der Waals surface area contributed by atoms with Crippen LogP contribution in [0.5, 0.6) is 0 Å². The fourth-order valence-corrected chi connectivity index (χ4v) is 3.38. The molecular formula is C6H7NSi2. The molecule has 12 radical (unpaired) electrons. The van der Waals surface area contributed by atoms with Gasteiger partial charge in [-0.2, -0.15) is 0 Å². The maximum Gasteiger partial charge on any atom is 0.128 e. The Morgan fingerprint density at radius 2 is 0.889 bits per heavy atom. The highest BCUT2D eigenvalue weighted by Crippen LogP contribution is 1.97. The highest BCUT2D eigenvalue weighted by molar-refractivity contribution is 6.98. The van der Waals surface area contributed by atoms with E-state index in [1.54, 1.807) is 0 Å². The van der Waals surface area contributed by atoms with Gasteiger partial charge in [0.05, 0.1) is 0 Å². The summed E-state index contributed by atoms with van der Waals surface area (Å²) in [6.45, 7) is 31.2. The van der Waals surface area contributed by atoms with Crippen molar-refractivity contribution in [1.82, 2.24) is 4.65 Å². The molecular weight excluding hydrogens is 142 g/mol. The van der Waals surface area contributed by atoms with E-state index in [9.17, 15) is 0 Å². The molecule has 0 saturated carbocycles. The predicted molar refractivity (Wildman–Crippen MR) is 40.4 cm³/mol. The first-order chi connectivity index (χ1) is 3.71. The molecule has 0 spiro atoms. The van der Waals surface area contributed by atoms with Crippen LogP contribution in [0.1, 0.15) is 0 Å². The lowest BCUT2D eigenvalue weighted by Crippen LogP contribution is -2.58. The topological polar surface area (TPSA) is 12.0 Å². The van der Waals surface area contributed by atoms with Crippen LogP contribution in [0.4, 0.5) is 0 Å². The van der Waals surface area contributed by atoms with Gasteiger partial charge in [-0.1, -0.05) is 0 Å². The standard InChI is InChI=1S/C6H7NSi2/c1-8(2,3)7-9(4,5)6/h1-7H. The third-order valence-corrected chi connectivity index (χ3v) is 3.90. The van der Waals surface area contributed by atoms with Gasteiger partial charge >= 0.3 is 0 Å². The zero-order valence-electron chi connectivity index (χ0n) is 4.96. The SMILES string of the molecule is [CH][Si]([CH])([CH])N[Si]([CH])([CH])[CH]. The monoisotopic (exact) mass is 149 g/mol. The molecule has 0 amide bonds. The van der Waals surface area contributed by atoms with Gasteiger partial charge in [-0.25, -0.2) is 0 Å². The second kappa shape index (κ2) is 2.56. The van der Waals surface area contributed by atoms with Crippen molar-refractivity contribution >= 4 is 16.5 Å². The minimum Gasteiger partial charge on any atom is -0.358 e. The van der Waals surface area contributed by atoms with Crippen LogP contribution in [0.15, 0.2) is 0 Å². The highest BCUT2D eigenvalue weighted by atomic mass is 28.4. The molecule has 0 bridgehead atoms. The fraction of sp³-hybridized carbons (Fsp3) is 0. The first-order valence-electron chi connectivity index (χ1n) is 2.23. The molecule has 0 unspecified atom stereocenters. The van der Waals surface area contributed by atoms with Gasteiger partial charge < -0.3 is 4.65 Å². The zero-order chi connectivity index (χ0) is 7.71. The summed E-state index contributed by atoms with van der Waals surface area (Å²) in [5, 5.41) is 0. The Morgan fingerprint density at radius 3 is 0.889 bits per heavy atom. The maximum absolute atomic E-state index is 5.20. The molecule has 0 heterocycles. The van der Waals surface area contributed by atoms with E-state index in [1.165, 1.54) is 0 Å². The van der Waals surface area contributed by atoms with Crippen LogP contribution in [0, 0.1) is 39.3 Å². The van der Waals surface area contributed by atoms with E-state index in [2.05, 4.69) is 4.65 Å². The summed E-state index contributed by atoms with van der Waals surface area (Å²) < 4.78 is 2.40. The van der Waals surface area contributed by atoms with Crippen molar-refractivity contribution in [3.05, 3.63) is 39.3 Å². The van der Waals surface area contributed by atoms with E-state index in [0.29, 0.717) is 0 Å². The van der Waals surface area contributed by atoms with Gasteiger partial charge in [0.15, 0.2) is 0 Å². The molecule has 44 valence electrons. The smallest absolute Gasteiger partial charge is 0.128 e. The molecule has 3 heteroatoms. The van der Waals surface area contributed by atoms with E-state index in [1.807, 2.05) is 0 Å². The second-order valence-electron chi connectivity index (χ2n) is 1.99. The fourth-order valence-electron chi connectivity index (χ4n) is 0.375. The molecule has 0 aromatic carbocycles. The molecule has 1 nitrogen and oxygen atoms in total. The zero-order valence-corrected chi connectivity index (χ0v) is 6.96. The third kappa shape index (κ3) is 8.39. The van der Waals surface area contributed by atoms with Crippen LogP contribution < -0.4 is 4.65 Å². The van der Waals surface area contributed by atoms with Crippen molar-refractivity contribution in [2.45, 2.75) is 0 Å². The Hall–Kier alpha value is 0.394. The largest absolute Gasteiger partial charge is 0.358 e. The predicted octanol–water partition coefficient (Wildman–Crippen LogP) is -0.0313. The number of hydrogen-bond acceptors (Lipinski definition) is 1. The number of hydrogen-bond donors (Lipinski definition) is 1. The van der Waals surface area contributed by atoms with E-state index >= 15 is 0 Å². The Balaban J connectivity index is 3.75. The lowest BCUT2D eigenvalue weighted by Gasteiger charge is -2.26.